The maximum atomic E-state index is 10.8. The molecule has 94 valence electrons. The Morgan fingerprint density at radius 1 is 0.895 bits per heavy atom. The monoisotopic (exact) mass is 250 g/mol. The Kier molecular flexibility index (Phi) is 4.34. The number of ketones is 1. The number of carbonyl (C=O) groups excluding carboxylic acids is 1. The van der Waals surface area contributed by atoms with Crippen molar-refractivity contribution in [2.45, 2.75) is 6.92 Å². The van der Waals surface area contributed by atoms with E-state index in [2.05, 4.69) is 10.2 Å². The fourth-order valence-electron chi connectivity index (χ4n) is 1.48. The third kappa shape index (κ3) is 4.32. The highest BCUT2D eigenvalue weighted by Crippen LogP contribution is 2.18. The van der Waals surface area contributed by atoms with E-state index in [1.165, 1.54) is 6.92 Å². The Labute approximate surface area is 112 Å². The second-order valence-corrected chi connectivity index (χ2v) is 4.07. The fraction of sp³-hybridized carbons (Fsp3) is 0.0625. The van der Waals surface area contributed by atoms with Crippen molar-refractivity contribution in [1.29, 1.82) is 0 Å². The molecule has 0 spiro atoms. The summed E-state index contributed by atoms with van der Waals surface area (Å²) in [7, 11) is 0. The molecule has 0 aliphatic rings. The van der Waals surface area contributed by atoms with Crippen molar-refractivity contribution in [3.8, 4) is 0 Å². The summed E-state index contributed by atoms with van der Waals surface area (Å²) in [5, 5.41) is 8.28. The van der Waals surface area contributed by atoms with Crippen molar-refractivity contribution in [3.05, 3.63) is 66.2 Å². The van der Waals surface area contributed by atoms with E-state index in [9.17, 15) is 4.79 Å². The number of carbonyl (C=O) groups is 1. The van der Waals surface area contributed by atoms with Crippen molar-refractivity contribution in [3.63, 3.8) is 0 Å². The van der Waals surface area contributed by atoms with Gasteiger partial charge in [0.25, 0.3) is 0 Å². The van der Waals surface area contributed by atoms with E-state index >= 15 is 0 Å². The molecule has 2 aromatic carbocycles. The average molecular weight is 250 g/mol. The molecule has 19 heavy (non-hydrogen) atoms. The summed E-state index contributed by atoms with van der Waals surface area (Å²) in [5.41, 5.74) is 2.57. The lowest BCUT2D eigenvalue weighted by atomic mass is 10.2. The van der Waals surface area contributed by atoms with Gasteiger partial charge in [-0.25, -0.2) is 0 Å². The second-order valence-electron chi connectivity index (χ2n) is 4.07. The number of rotatable bonds is 4. The summed E-state index contributed by atoms with van der Waals surface area (Å²) in [6.45, 7) is 1.53. The molecule has 0 unspecified atom stereocenters. The summed E-state index contributed by atoms with van der Waals surface area (Å²) in [5.74, 6) is 0.0350. The van der Waals surface area contributed by atoms with Crippen LogP contribution in [0.25, 0.3) is 6.08 Å². The first-order valence-corrected chi connectivity index (χ1v) is 5.99. The minimum atomic E-state index is 0.0350. The predicted molar refractivity (Wildman–Crippen MR) is 76.8 cm³/mol. The number of azo groups is 1. The van der Waals surface area contributed by atoms with E-state index in [0.29, 0.717) is 0 Å². The molecule has 0 fully saturated rings. The molecule has 3 heteroatoms. The third-order valence-corrected chi connectivity index (χ3v) is 2.44. The molecule has 0 atom stereocenters. The number of nitrogens with zero attached hydrogens (tertiary/aromatic N) is 2. The smallest absolute Gasteiger partial charge is 0.152 e. The predicted octanol–water partition coefficient (Wildman–Crippen LogP) is 4.70. The SMILES string of the molecule is CC(=O)C=Cc1ccc(N=Nc2ccccc2)cc1. The molecule has 2 rings (SSSR count). The van der Waals surface area contributed by atoms with Gasteiger partial charge in [-0.2, -0.15) is 10.2 Å². The zero-order valence-electron chi connectivity index (χ0n) is 10.7. The van der Waals surface area contributed by atoms with Crippen LogP contribution < -0.4 is 0 Å². The zero-order chi connectivity index (χ0) is 13.5. The van der Waals surface area contributed by atoms with Gasteiger partial charge in [-0.1, -0.05) is 36.4 Å². The molecular formula is C16H14N2O. The van der Waals surface area contributed by atoms with E-state index in [0.717, 1.165) is 16.9 Å². The van der Waals surface area contributed by atoms with Gasteiger partial charge in [0.15, 0.2) is 5.78 Å². The van der Waals surface area contributed by atoms with Crippen LogP contribution in [0.3, 0.4) is 0 Å². The first kappa shape index (κ1) is 12.9. The molecule has 0 heterocycles. The number of allylic oxidation sites excluding steroid dienone is 1. The lowest BCUT2D eigenvalue weighted by Crippen LogP contribution is -1.79. The summed E-state index contributed by atoms with van der Waals surface area (Å²) in [4.78, 5) is 10.8. The Hall–Kier alpha value is -2.55. The number of hydrogen-bond donors (Lipinski definition) is 0. The maximum absolute atomic E-state index is 10.8. The lowest BCUT2D eigenvalue weighted by Gasteiger charge is -1.95. The Bertz CT molecular complexity index is 598. The normalized spacial score (nSPS) is 11.2. The van der Waals surface area contributed by atoms with Crippen molar-refractivity contribution < 1.29 is 4.79 Å². The van der Waals surface area contributed by atoms with Crippen LogP contribution in [-0.4, -0.2) is 5.78 Å². The van der Waals surface area contributed by atoms with Gasteiger partial charge in [0.2, 0.25) is 0 Å². The number of benzene rings is 2. The average Bonchev–Trinajstić information content (AvgIpc) is 2.45. The lowest BCUT2D eigenvalue weighted by molar-refractivity contribution is -0.112. The Morgan fingerprint density at radius 3 is 2.05 bits per heavy atom. The summed E-state index contributed by atoms with van der Waals surface area (Å²) in [6, 6.07) is 17.1. The highest BCUT2D eigenvalue weighted by Gasteiger charge is 1.91. The van der Waals surface area contributed by atoms with Crippen molar-refractivity contribution >= 4 is 23.2 Å². The molecule has 0 bridgehead atoms. The van der Waals surface area contributed by atoms with Crippen molar-refractivity contribution in [1.82, 2.24) is 0 Å². The fourth-order valence-corrected chi connectivity index (χ4v) is 1.48. The Balaban J connectivity index is 2.07. The third-order valence-electron chi connectivity index (χ3n) is 2.44. The summed E-state index contributed by atoms with van der Waals surface area (Å²) in [6.07, 6.45) is 3.32. The van der Waals surface area contributed by atoms with Gasteiger partial charge in [-0.15, -0.1) is 0 Å². The van der Waals surface area contributed by atoms with Gasteiger partial charge in [0.05, 0.1) is 11.4 Å². The van der Waals surface area contributed by atoms with Crippen molar-refractivity contribution in [2.24, 2.45) is 10.2 Å². The largest absolute Gasteiger partial charge is 0.295 e. The molecule has 0 aliphatic carbocycles. The molecule has 0 aliphatic heterocycles. The number of hydrogen-bond acceptors (Lipinski definition) is 3. The van der Waals surface area contributed by atoms with Crippen LogP contribution in [0.5, 0.6) is 0 Å². The van der Waals surface area contributed by atoms with Crippen LogP contribution in [0.2, 0.25) is 0 Å². The van der Waals surface area contributed by atoms with E-state index < -0.39 is 0 Å². The summed E-state index contributed by atoms with van der Waals surface area (Å²) < 4.78 is 0. The van der Waals surface area contributed by atoms with Gasteiger partial charge in [-0.3, -0.25) is 4.79 Å². The van der Waals surface area contributed by atoms with Gasteiger partial charge >= 0.3 is 0 Å². The molecule has 2 aromatic rings. The molecule has 0 amide bonds. The first-order chi connectivity index (χ1) is 9.24. The molecule has 3 nitrogen and oxygen atoms in total. The topological polar surface area (TPSA) is 41.8 Å². The first-order valence-electron chi connectivity index (χ1n) is 5.99. The maximum Gasteiger partial charge on any atom is 0.152 e. The van der Waals surface area contributed by atoms with Crippen LogP contribution in [0.4, 0.5) is 11.4 Å². The highest BCUT2D eigenvalue weighted by molar-refractivity contribution is 5.91. The standard InChI is InChI=1S/C16H14N2O/c1-13(19)7-8-14-9-11-16(12-10-14)18-17-15-5-3-2-4-6-15/h2-12H,1H3. The minimum absolute atomic E-state index is 0.0350. The minimum Gasteiger partial charge on any atom is -0.295 e. The van der Waals surface area contributed by atoms with Crippen LogP contribution in [-0.2, 0) is 4.79 Å². The zero-order valence-corrected chi connectivity index (χ0v) is 10.7. The van der Waals surface area contributed by atoms with Gasteiger partial charge < -0.3 is 0 Å². The van der Waals surface area contributed by atoms with Crippen LogP contribution >= 0.6 is 0 Å². The van der Waals surface area contributed by atoms with Crippen molar-refractivity contribution in [2.75, 3.05) is 0 Å². The van der Waals surface area contributed by atoms with E-state index in [1.807, 2.05) is 54.6 Å². The summed E-state index contributed by atoms with van der Waals surface area (Å²) >= 11 is 0. The van der Waals surface area contributed by atoms with E-state index in [1.54, 1.807) is 12.2 Å². The molecule has 0 saturated heterocycles. The quantitative estimate of drug-likeness (QED) is 0.572. The molecule has 0 aromatic heterocycles. The van der Waals surface area contributed by atoms with Crippen LogP contribution in [0.15, 0.2) is 70.9 Å². The molecule has 0 radical (unpaired) electrons. The molecule has 0 saturated carbocycles. The van der Waals surface area contributed by atoms with Gasteiger partial charge in [0, 0.05) is 0 Å². The molecular weight excluding hydrogens is 236 g/mol. The van der Waals surface area contributed by atoms with Crippen LogP contribution in [0, 0.1) is 0 Å². The van der Waals surface area contributed by atoms with E-state index in [-0.39, 0.29) is 5.78 Å². The highest BCUT2D eigenvalue weighted by atomic mass is 16.1. The molecule has 0 N–H and O–H groups in total. The van der Waals surface area contributed by atoms with Gasteiger partial charge in [-0.05, 0) is 42.8 Å². The van der Waals surface area contributed by atoms with Gasteiger partial charge in [0.1, 0.15) is 0 Å². The second kappa shape index (κ2) is 6.40. The van der Waals surface area contributed by atoms with E-state index in [4.69, 9.17) is 0 Å². The Morgan fingerprint density at radius 2 is 1.47 bits per heavy atom. The van der Waals surface area contributed by atoms with Crippen LogP contribution in [0.1, 0.15) is 12.5 Å².